The molecule has 168 valence electrons. The summed E-state index contributed by atoms with van der Waals surface area (Å²) >= 11 is 0. The quantitative estimate of drug-likeness (QED) is 0.648. The van der Waals surface area contributed by atoms with Gasteiger partial charge in [0.2, 0.25) is 0 Å². The van der Waals surface area contributed by atoms with Crippen LogP contribution in [0.3, 0.4) is 0 Å². The van der Waals surface area contributed by atoms with Crippen molar-refractivity contribution in [1.82, 2.24) is 24.6 Å². The first-order valence-corrected chi connectivity index (χ1v) is 11.0. The summed E-state index contributed by atoms with van der Waals surface area (Å²) in [6.07, 6.45) is -1.65. The van der Waals surface area contributed by atoms with Crippen LogP contribution in [0.1, 0.15) is 58.8 Å². The van der Waals surface area contributed by atoms with E-state index in [1.807, 2.05) is 23.6 Å². The lowest BCUT2D eigenvalue weighted by molar-refractivity contribution is -0.136. The van der Waals surface area contributed by atoms with Crippen LogP contribution in [0.5, 0.6) is 0 Å². The molecule has 1 spiro atoms. The van der Waals surface area contributed by atoms with E-state index >= 15 is 0 Å². The first-order valence-electron chi connectivity index (χ1n) is 11.0. The number of carbonyl (C=O) groups excluding carboxylic acids is 1. The van der Waals surface area contributed by atoms with Crippen LogP contribution in [-0.2, 0) is 25.7 Å². The molecule has 1 amide bonds. The van der Waals surface area contributed by atoms with Gasteiger partial charge >= 0.3 is 6.18 Å². The highest BCUT2D eigenvalue weighted by molar-refractivity contribution is 5.96. The molecule has 1 unspecified atom stereocenters. The zero-order valence-electron chi connectivity index (χ0n) is 18.0. The minimum absolute atomic E-state index is 0.0254. The summed E-state index contributed by atoms with van der Waals surface area (Å²) in [5.74, 6) is 0.0254. The normalized spacial score (nSPS) is 21.2. The van der Waals surface area contributed by atoms with Crippen molar-refractivity contribution in [3.63, 3.8) is 0 Å². The number of amides is 1. The number of hydrogen-bond acceptors (Lipinski definition) is 3. The lowest BCUT2D eigenvalue weighted by atomic mass is 10.0. The van der Waals surface area contributed by atoms with Crippen LogP contribution in [0.15, 0.2) is 24.3 Å². The summed E-state index contributed by atoms with van der Waals surface area (Å²) in [5, 5.41) is 4.95. The van der Waals surface area contributed by atoms with Crippen LogP contribution in [0.4, 0.5) is 13.2 Å². The van der Waals surface area contributed by atoms with E-state index in [4.69, 9.17) is 5.10 Å². The van der Waals surface area contributed by atoms with Gasteiger partial charge in [-0.15, -0.1) is 0 Å². The molecule has 1 saturated carbocycles. The van der Waals surface area contributed by atoms with E-state index in [1.165, 1.54) is 6.07 Å². The second-order valence-electron chi connectivity index (χ2n) is 9.41. The van der Waals surface area contributed by atoms with Gasteiger partial charge in [0.1, 0.15) is 5.69 Å². The topological polar surface area (TPSA) is 57.2 Å². The largest absolute Gasteiger partial charge is 0.417 e. The molecule has 1 atom stereocenters. The number of nitrogens with one attached hydrogen (secondary N) is 1. The summed E-state index contributed by atoms with van der Waals surface area (Å²) in [5.41, 5.74) is 3.13. The van der Waals surface area contributed by atoms with Gasteiger partial charge in [-0.25, -0.2) is 0 Å². The first-order chi connectivity index (χ1) is 15.2. The Morgan fingerprint density at radius 1 is 1.25 bits per heavy atom. The number of hydrogen-bond donors (Lipinski definition) is 1. The molecule has 1 fully saturated rings. The van der Waals surface area contributed by atoms with Gasteiger partial charge in [0.15, 0.2) is 0 Å². The van der Waals surface area contributed by atoms with Crippen LogP contribution in [-0.4, -0.2) is 49.6 Å². The maximum atomic E-state index is 13.4. The van der Waals surface area contributed by atoms with Gasteiger partial charge < -0.3 is 9.88 Å². The van der Waals surface area contributed by atoms with E-state index in [1.54, 1.807) is 12.1 Å². The minimum Gasteiger partial charge on any atom is -0.357 e. The predicted molar refractivity (Wildman–Crippen MR) is 112 cm³/mol. The number of benzene rings is 1. The molecule has 3 aliphatic rings. The summed E-state index contributed by atoms with van der Waals surface area (Å²) in [6.45, 7) is 4.03. The molecule has 4 heterocycles. The molecule has 1 aliphatic carbocycles. The fraction of sp³-hybridized carbons (Fsp3) is 0.478. The molecule has 0 radical (unpaired) electrons. The Balaban J connectivity index is 1.32. The smallest absolute Gasteiger partial charge is 0.357 e. The van der Waals surface area contributed by atoms with Crippen LogP contribution >= 0.6 is 0 Å². The molecule has 2 aliphatic heterocycles. The van der Waals surface area contributed by atoms with Gasteiger partial charge in [0.25, 0.3) is 5.91 Å². The predicted octanol–water partition coefficient (Wildman–Crippen LogP) is 4.12. The van der Waals surface area contributed by atoms with E-state index in [0.29, 0.717) is 17.8 Å². The van der Waals surface area contributed by atoms with Crippen molar-refractivity contribution in [2.45, 2.75) is 57.0 Å². The third-order valence-electron chi connectivity index (χ3n) is 7.61. The number of likely N-dealkylation sites (N-methyl/N-ethyl adjacent to an activating group) is 1. The Labute approximate surface area is 183 Å². The molecule has 0 saturated heterocycles. The number of aromatic amines is 1. The summed E-state index contributed by atoms with van der Waals surface area (Å²) in [6, 6.07) is 5.70. The molecule has 6 rings (SSSR count). The Kier molecular flexibility index (Phi) is 3.95. The highest BCUT2D eigenvalue weighted by Gasteiger charge is 2.53. The minimum atomic E-state index is -4.40. The third-order valence-corrected chi connectivity index (χ3v) is 7.61. The number of H-pyrrole nitrogens is 1. The van der Waals surface area contributed by atoms with E-state index < -0.39 is 11.7 Å². The zero-order valence-corrected chi connectivity index (χ0v) is 18.0. The first kappa shape index (κ1) is 19.8. The molecule has 6 nitrogen and oxygen atoms in total. The maximum Gasteiger partial charge on any atom is 0.417 e. The van der Waals surface area contributed by atoms with Gasteiger partial charge in [-0.1, -0.05) is 6.07 Å². The van der Waals surface area contributed by atoms with Crippen LogP contribution < -0.4 is 0 Å². The Hall–Kier alpha value is -2.81. The molecular weight excluding hydrogens is 419 g/mol. The molecule has 0 bridgehead atoms. The molecule has 1 aromatic carbocycles. The fourth-order valence-corrected chi connectivity index (χ4v) is 5.37. The number of alkyl halides is 3. The number of nitrogens with zero attached hydrogens (tertiary/aromatic N) is 4. The number of fused-ring (bicyclic) bond motifs is 4. The van der Waals surface area contributed by atoms with E-state index in [9.17, 15) is 18.0 Å². The average Bonchev–Trinajstić information content (AvgIpc) is 3.23. The highest BCUT2D eigenvalue weighted by Crippen LogP contribution is 2.46. The Morgan fingerprint density at radius 2 is 2.03 bits per heavy atom. The van der Waals surface area contributed by atoms with Gasteiger partial charge in [0.05, 0.1) is 23.3 Å². The van der Waals surface area contributed by atoms with Crippen LogP contribution in [0.25, 0.3) is 10.9 Å². The van der Waals surface area contributed by atoms with Gasteiger partial charge in [-0.05, 0) is 38.0 Å². The molecule has 2 aromatic heterocycles. The third kappa shape index (κ3) is 2.76. The standard InChI is InChI=1S/C23H24F3N5O/c1-13(19-10-14-16(23(24,25)26)4-3-5-17(14)27-19)30-9-6-18-15(11-30)20-21(32)29(2)22(7-8-22)12-31(20)28-18/h3-5,10,13,27H,6-9,11-12H2,1-2H3. The van der Waals surface area contributed by atoms with Gasteiger partial charge in [-0.3, -0.25) is 14.4 Å². The van der Waals surface area contributed by atoms with E-state index in [2.05, 4.69) is 9.88 Å². The highest BCUT2D eigenvalue weighted by atomic mass is 19.4. The van der Waals surface area contributed by atoms with Crippen molar-refractivity contribution in [2.75, 3.05) is 13.6 Å². The molecule has 9 heteroatoms. The maximum absolute atomic E-state index is 13.4. The second-order valence-corrected chi connectivity index (χ2v) is 9.41. The number of rotatable bonds is 2. The summed E-state index contributed by atoms with van der Waals surface area (Å²) < 4.78 is 42.2. The Morgan fingerprint density at radius 3 is 2.75 bits per heavy atom. The number of halogens is 3. The molecular formula is C23H24F3N5O. The number of aromatic nitrogens is 3. The average molecular weight is 443 g/mol. The fourth-order valence-electron chi connectivity index (χ4n) is 5.37. The monoisotopic (exact) mass is 443 g/mol. The van der Waals surface area contributed by atoms with E-state index in [0.717, 1.165) is 55.4 Å². The molecule has 3 aromatic rings. The zero-order chi connectivity index (χ0) is 22.4. The lowest BCUT2D eigenvalue weighted by Crippen LogP contribution is -2.48. The van der Waals surface area contributed by atoms with Gasteiger partial charge in [0, 0.05) is 54.8 Å². The SMILES string of the molecule is CC(c1cc2c(C(F)(F)F)cccc2[nH]1)N1CCc2nn3c(c2C1)C(=O)N(C)C1(CC1)C3. The molecule has 1 N–H and O–H groups in total. The van der Waals surface area contributed by atoms with Gasteiger partial charge in [-0.2, -0.15) is 18.3 Å². The molecule has 32 heavy (non-hydrogen) atoms. The van der Waals surface area contributed by atoms with Crippen LogP contribution in [0, 0.1) is 0 Å². The van der Waals surface area contributed by atoms with Crippen molar-refractivity contribution in [3.8, 4) is 0 Å². The Bertz CT molecular complexity index is 1250. The van der Waals surface area contributed by atoms with E-state index in [-0.39, 0.29) is 22.9 Å². The second kappa shape index (κ2) is 6.37. The van der Waals surface area contributed by atoms with Crippen molar-refractivity contribution < 1.29 is 18.0 Å². The number of carbonyl (C=O) groups is 1. The van der Waals surface area contributed by atoms with Crippen molar-refractivity contribution in [3.05, 3.63) is 52.5 Å². The van der Waals surface area contributed by atoms with Crippen LogP contribution in [0.2, 0.25) is 0 Å². The lowest BCUT2D eigenvalue weighted by Gasteiger charge is -2.35. The summed E-state index contributed by atoms with van der Waals surface area (Å²) in [4.78, 5) is 20.4. The van der Waals surface area contributed by atoms with Crippen molar-refractivity contribution >= 4 is 16.8 Å². The summed E-state index contributed by atoms with van der Waals surface area (Å²) in [7, 11) is 1.88. The van der Waals surface area contributed by atoms with Crippen molar-refractivity contribution in [2.24, 2.45) is 0 Å². The van der Waals surface area contributed by atoms with Crippen molar-refractivity contribution in [1.29, 1.82) is 0 Å².